The third kappa shape index (κ3) is 3.63. The molecule has 0 aromatic heterocycles. The normalized spacial score (nSPS) is 22.6. The molecule has 9 heteroatoms. The number of carbonyl (C=O) groups is 3. The van der Waals surface area contributed by atoms with E-state index in [4.69, 9.17) is 5.73 Å². The number of carboxylic acid groups (broad SMARTS) is 1. The maximum atomic E-state index is 12.6. The number of phenolic OH excluding ortho intramolecular Hbond substituents is 1. The fourth-order valence-corrected chi connectivity index (χ4v) is 4.54. The second kappa shape index (κ2) is 8.07. The van der Waals surface area contributed by atoms with Gasteiger partial charge >= 0.3 is 5.97 Å². The van der Waals surface area contributed by atoms with E-state index < -0.39 is 35.2 Å². The molecule has 8 nitrogen and oxygen atoms in total. The molecular weight excluding hydrogens is 382 g/mol. The largest absolute Gasteiger partial charge is 0.508 e. The first-order chi connectivity index (χ1) is 13.3. The molecule has 2 aliphatic rings. The number of aromatic hydroxyl groups is 1. The van der Waals surface area contributed by atoms with Crippen LogP contribution in [0.1, 0.15) is 24.9 Å². The number of carbonyl (C=O) groups excluding carboxylic acids is 2. The first-order valence-corrected chi connectivity index (χ1v) is 9.76. The van der Waals surface area contributed by atoms with E-state index >= 15 is 0 Å². The zero-order chi connectivity index (χ0) is 20.4. The molecule has 0 saturated carbocycles. The van der Waals surface area contributed by atoms with E-state index in [2.05, 4.69) is 5.32 Å². The average Bonchev–Trinajstić information content (AvgIpc) is 2.69. The van der Waals surface area contributed by atoms with Crippen molar-refractivity contribution in [2.75, 3.05) is 5.75 Å². The standard InChI is InChI=1S/C19H21N3O5S/c1-2-3-4-11-9-28-18-14(17(25)22(18)15(11)19(26)27)21-16(24)13(20)10-5-7-12(23)8-6-10/h2-3,5-8,13-14,18,23H,4,9,20H2,1H3,(H,21,24)(H,26,27)/b3-2-/t13?,14?,18-/m0/s1. The van der Waals surface area contributed by atoms with Crippen LogP contribution < -0.4 is 11.1 Å². The topological polar surface area (TPSA) is 133 Å². The van der Waals surface area contributed by atoms with Gasteiger partial charge in [0.2, 0.25) is 5.91 Å². The van der Waals surface area contributed by atoms with E-state index in [0.29, 0.717) is 23.3 Å². The first kappa shape index (κ1) is 20.0. The average molecular weight is 403 g/mol. The number of amides is 2. The minimum absolute atomic E-state index is 0.000169. The number of benzene rings is 1. The van der Waals surface area contributed by atoms with E-state index in [0.717, 1.165) is 0 Å². The SMILES string of the molecule is C/C=C\CC1=C(C(=O)O)N2C(=O)C(NC(=O)C(N)c3ccc(O)cc3)[C@@H]2SC1. The molecule has 2 amide bonds. The van der Waals surface area contributed by atoms with Crippen molar-refractivity contribution in [2.24, 2.45) is 5.73 Å². The van der Waals surface area contributed by atoms with Crippen molar-refractivity contribution in [3.05, 3.63) is 53.3 Å². The van der Waals surface area contributed by atoms with Crippen molar-refractivity contribution in [3.8, 4) is 5.75 Å². The van der Waals surface area contributed by atoms with Crippen LogP contribution in [0.25, 0.3) is 0 Å². The summed E-state index contributed by atoms with van der Waals surface area (Å²) in [5.41, 5.74) is 7.11. The lowest BCUT2D eigenvalue weighted by molar-refractivity contribution is -0.150. The maximum absolute atomic E-state index is 12.6. The van der Waals surface area contributed by atoms with Crippen LogP contribution in [-0.2, 0) is 14.4 Å². The number of hydrogen-bond donors (Lipinski definition) is 4. The predicted molar refractivity (Wildman–Crippen MR) is 104 cm³/mol. The van der Waals surface area contributed by atoms with Gasteiger partial charge in [-0.25, -0.2) is 4.79 Å². The molecule has 2 unspecified atom stereocenters. The first-order valence-electron chi connectivity index (χ1n) is 8.71. The van der Waals surface area contributed by atoms with Crippen molar-refractivity contribution < 1.29 is 24.6 Å². The van der Waals surface area contributed by atoms with E-state index in [9.17, 15) is 24.6 Å². The number of hydrogen-bond acceptors (Lipinski definition) is 6. The second-order valence-corrected chi connectivity index (χ2v) is 7.60. The summed E-state index contributed by atoms with van der Waals surface area (Å²) in [6.45, 7) is 1.84. The van der Waals surface area contributed by atoms with Crippen molar-refractivity contribution in [1.82, 2.24) is 10.2 Å². The van der Waals surface area contributed by atoms with E-state index in [1.807, 2.05) is 19.1 Å². The lowest BCUT2D eigenvalue weighted by atomic mass is 10.00. The molecular formula is C19H21N3O5S. The van der Waals surface area contributed by atoms with Gasteiger partial charge in [-0.3, -0.25) is 14.5 Å². The molecule has 1 aromatic rings. The number of fused-ring (bicyclic) bond motifs is 1. The van der Waals surface area contributed by atoms with Crippen molar-refractivity contribution in [2.45, 2.75) is 30.8 Å². The van der Waals surface area contributed by atoms with Gasteiger partial charge in [0.15, 0.2) is 0 Å². The van der Waals surface area contributed by atoms with Crippen molar-refractivity contribution in [1.29, 1.82) is 0 Å². The third-order valence-electron chi connectivity index (χ3n) is 4.68. The van der Waals surface area contributed by atoms with Gasteiger partial charge in [0.1, 0.15) is 28.9 Å². The third-order valence-corrected chi connectivity index (χ3v) is 6.02. The van der Waals surface area contributed by atoms with Crippen LogP contribution in [0.5, 0.6) is 5.75 Å². The van der Waals surface area contributed by atoms with Gasteiger partial charge in [-0.05, 0) is 36.6 Å². The molecule has 5 N–H and O–H groups in total. The number of allylic oxidation sites excluding steroid dienone is 2. The quantitative estimate of drug-likeness (QED) is 0.413. The number of β-lactam (4-membered cyclic amide) rings is 1. The second-order valence-electron chi connectivity index (χ2n) is 6.50. The molecule has 1 fully saturated rings. The van der Waals surface area contributed by atoms with Crippen LogP contribution >= 0.6 is 11.8 Å². The highest BCUT2D eigenvalue weighted by molar-refractivity contribution is 8.00. The molecule has 0 bridgehead atoms. The highest BCUT2D eigenvalue weighted by Gasteiger charge is 2.54. The zero-order valence-corrected chi connectivity index (χ0v) is 16.0. The number of nitrogens with zero attached hydrogens (tertiary/aromatic N) is 1. The Labute approximate surface area is 166 Å². The zero-order valence-electron chi connectivity index (χ0n) is 15.2. The fourth-order valence-electron chi connectivity index (χ4n) is 3.18. The van der Waals surface area contributed by atoms with Gasteiger partial charge in [0, 0.05) is 5.75 Å². The highest BCUT2D eigenvalue weighted by Crippen LogP contribution is 2.41. The number of rotatable bonds is 6. The number of carboxylic acids is 1. The summed E-state index contributed by atoms with van der Waals surface area (Å²) in [6.07, 6.45) is 4.14. The van der Waals surface area contributed by atoms with Crippen LogP contribution in [0.3, 0.4) is 0 Å². The molecule has 3 rings (SSSR count). The molecule has 0 spiro atoms. The van der Waals surface area contributed by atoms with Crippen LogP contribution in [0.2, 0.25) is 0 Å². The summed E-state index contributed by atoms with van der Waals surface area (Å²) in [5, 5.41) is 21.0. The molecule has 1 aromatic carbocycles. The number of nitrogens with one attached hydrogen (secondary N) is 1. The van der Waals surface area contributed by atoms with Gasteiger partial charge in [-0.15, -0.1) is 11.8 Å². The molecule has 148 valence electrons. The molecule has 3 atom stereocenters. The summed E-state index contributed by atoms with van der Waals surface area (Å²) in [5.74, 6) is -1.62. The van der Waals surface area contributed by atoms with Crippen LogP contribution in [0.4, 0.5) is 0 Å². The monoisotopic (exact) mass is 403 g/mol. The molecule has 0 aliphatic carbocycles. The van der Waals surface area contributed by atoms with Crippen LogP contribution in [-0.4, -0.2) is 50.1 Å². The van der Waals surface area contributed by atoms with Crippen LogP contribution in [0.15, 0.2) is 47.7 Å². The Kier molecular flexibility index (Phi) is 5.76. The minimum Gasteiger partial charge on any atom is -0.508 e. The smallest absolute Gasteiger partial charge is 0.352 e. The molecule has 28 heavy (non-hydrogen) atoms. The number of thioether (sulfide) groups is 1. The van der Waals surface area contributed by atoms with Gasteiger partial charge in [0.25, 0.3) is 5.91 Å². The summed E-state index contributed by atoms with van der Waals surface area (Å²) >= 11 is 1.42. The van der Waals surface area contributed by atoms with Gasteiger partial charge in [0.05, 0.1) is 0 Å². The Morgan fingerprint density at radius 2 is 2.07 bits per heavy atom. The Morgan fingerprint density at radius 1 is 1.39 bits per heavy atom. The predicted octanol–water partition coefficient (Wildman–Crippen LogP) is 1.10. The summed E-state index contributed by atoms with van der Waals surface area (Å²) < 4.78 is 0. The fraction of sp³-hybridized carbons (Fsp3) is 0.316. The molecule has 1 saturated heterocycles. The minimum atomic E-state index is -1.15. The van der Waals surface area contributed by atoms with Crippen LogP contribution in [0, 0.1) is 0 Å². The van der Waals surface area contributed by atoms with Gasteiger partial charge in [-0.1, -0.05) is 24.3 Å². The lowest BCUT2D eigenvalue weighted by Gasteiger charge is -2.49. The van der Waals surface area contributed by atoms with Crippen molar-refractivity contribution >= 4 is 29.5 Å². The Bertz CT molecular complexity index is 865. The molecule has 2 aliphatic heterocycles. The van der Waals surface area contributed by atoms with Gasteiger partial charge in [-0.2, -0.15) is 0 Å². The van der Waals surface area contributed by atoms with E-state index in [1.165, 1.54) is 40.9 Å². The Morgan fingerprint density at radius 3 is 2.68 bits per heavy atom. The summed E-state index contributed by atoms with van der Waals surface area (Å²) in [7, 11) is 0. The molecule has 0 radical (unpaired) electrons. The highest BCUT2D eigenvalue weighted by atomic mass is 32.2. The summed E-state index contributed by atoms with van der Waals surface area (Å²) in [6, 6.07) is 4.08. The maximum Gasteiger partial charge on any atom is 0.352 e. The Balaban J connectivity index is 1.73. The number of phenols is 1. The van der Waals surface area contributed by atoms with E-state index in [1.54, 1.807) is 0 Å². The molecule has 2 heterocycles. The van der Waals surface area contributed by atoms with E-state index in [-0.39, 0.29) is 11.4 Å². The number of aliphatic carboxylic acids is 1. The number of nitrogens with two attached hydrogens (primary N) is 1. The lowest BCUT2D eigenvalue weighted by Crippen LogP contribution is -2.71. The Hall–Kier alpha value is -2.78. The van der Waals surface area contributed by atoms with Crippen molar-refractivity contribution in [3.63, 3.8) is 0 Å². The summed E-state index contributed by atoms with van der Waals surface area (Å²) in [4.78, 5) is 38.0. The van der Waals surface area contributed by atoms with Gasteiger partial charge < -0.3 is 21.3 Å².